The number of alkyl halides is 1. The summed E-state index contributed by atoms with van der Waals surface area (Å²) in [5.74, 6) is -1.98. The van der Waals surface area contributed by atoms with E-state index in [-0.39, 0.29) is 48.2 Å². The molecule has 1 aromatic heterocycles. The fourth-order valence-corrected chi connectivity index (χ4v) is 7.78. The van der Waals surface area contributed by atoms with E-state index < -0.39 is 49.6 Å². The largest absolute Gasteiger partial charge is 0.456 e. The summed E-state index contributed by atoms with van der Waals surface area (Å²) in [6, 6.07) is 20.1. The molecule has 266 valence electrons. The molecule has 0 radical (unpaired) electrons. The first-order valence-electron chi connectivity index (χ1n) is 15.3. The van der Waals surface area contributed by atoms with Crippen molar-refractivity contribution in [3.05, 3.63) is 145 Å². The topological polar surface area (TPSA) is 203 Å². The second-order valence-electron chi connectivity index (χ2n) is 11.5. The zero-order valence-corrected chi connectivity index (χ0v) is 29.4. The van der Waals surface area contributed by atoms with Crippen LogP contribution in [0.1, 0.15) is 41.2 Å². The molecule has 1 fully saturated rings. The van der Waals surface area contributed by atoms with Gasteiger partial charge in [0.2, 0.25) is 0 Å². The van der Waals surface area contributed by atoms with Crippen LogP contribution in [0.2, 0.25) is 0 Å². The minimum absolute atomic E-state index is 0.0492. The fourth-order valence-electron chi connectivity index (χ4n) is 5.51. The number of thioether (sulfide) groups is 1. The van der Waals surface area contributed by atoms with Crippen molar-refractivity contribution in [3.8, 4) is 0 Å². The lowest BCUT2D eigenvalue weighted by molar-refractivity contribution is -0.385. The molecule has 16 nitrogen and oxygen atoms in total. The number of fused-ring (bicyclic) bond motifs is 1. The number of nitrogens with zero attached hydrogens (tertiary/aromatic N) is 5. The van der Waals surface area contributed by atoms with Crippen molar-refractivity contribution < 1.29 is 43.2 Å². The van der Waals surface area contributed by atoms with Gasteiger partial charge in [0, 0.05) is 49.2 Å². The molecule has 2 aliphatic rings. The molecule has 0 saturated carbocycles. The molecular weight excluding hydrogens is 766 g/mol. The number of amides is 1. The van der Waals surface area contributed by atoms with E-state index in [1.807, 2.05) is 30.3 Å². The van der Waals surface area contributed by atoms with Crippen LogP contribution in [0.15, 0.2) is 96.2 Å². The Balaban J connectivity index is 1.23. The minimum atomic E-state index is -1.62. The number of esters is 2. The van der Waals surface area contributed by atoms with Crippen LogP contribution in [0.3, 0.4) is 0 Å². The molecule has 0 bridgehead atoms. The normalized spacial score (nSPS) is 18.0. The number of β-lactam (4-membered cyclic amide) rings is 1. The third-order valence-corrected chi connectivity index (χ3v) is 10.8. The number of carbonyl (C=O) groups excluding carboxylic acids is 4. The van der Waals surface area contributed by atoms with Crippen molar-refractivity contribution >= 4 is 63.0 Å². The van der Waals surface area contributed by atoms with Gasteiger partial charge in [-0.15, -0.1) is 11.8 Å². The van der Waals surface area contributed by atoms with Crippen LogP contribution in [0.4, 0.5) is 16.2 Å². The predicted octanol–water partition coefficient (Wildman–Crippen LogP) is 5.71. The quantitative estimate of drug-likeness (QED) is 0.0422. The Morgan fingerprint density at radius 1 is 0.904 bits per heavy atom. The molecule has 52 heavy (non-hydrogen) atoms. The maximum atomic E-state index is 13.9. The van der Waals surface area contributed by atoms with E-state index in [0.29, 0.717) is 11.1 Å². The average Bonchev–Trinajstić information content (AvgIpc) is 3.76. The summed E-state index contributed by atoms with van der Waals surface area (Å²) < 4.78 is 16.1. The maximum absolute atomic E-state index is 13.9. The lowest BCUT2D eigenvalue weighted by atomic mass is 9.89. The zero-order valence-electron chi connectivity index (χ0n) is 26.9. The number of hydrogen-bond donors (Lipinski definition) is 0. The summed E-state index contributed by atoms with van der Waals surface area (Å²) in [6.45, 7) is 0.737. The Kier molecular flexibility index (Phi) is 10.2. The third kappa shape index (κ3) is 7.15. The Labute approximate surface area is 306 Å². The van der Waals surface area contributed by atoms with Gasteiger partial charge in [0.25, 0.3) is 17.3 Å². The van der Waals surface area contributed by atoms with E-state index in [1.54, 1.807) is 0 Å². The number of benzene rings is 3. The second kappa shape index (κ2) is 14.8. The number of halogens is 1. The van der Waals surface area contributed by atoms with Crippen LogP contribution in [-0.2, 0) is 48.2 Å². The molecule has 3 atom stereocenters. The number of non-ortho nitro benzene ring substituents is 2. The average molecular weight is 793 g/mol. The van der Waals surface area contributed by atoms with Crippen molar-refractivity contribution in [2.75, 3.05) is 0 Å². The summed E-state index contributed by atoms with van der Waals surface area (Å²) in [5.41, 5.74) is 1.54. The van der Waals surface area contributed by atoms with Crippen molar-refractivity contribution in [2.24, 2.45) is 0 Å². The van der Waals surface area contributed by atoms with Crippen LogP contribution >= 0.6 is 27.7 Å². The third-order valence-electron chi connectivity index (χ3n) is 8.08. The lowest BCUT2D eigenvalue weighted by Crippen LogP contribution is -2.70. The van der Waals surface area contributed by atoms with Crippen LogP contribution in [0.25, 0.3) is 0 Å². The van der Waals surface area contributed by atoms with Crippen molar-refractivity contribution in [2.45, 2.75) is 42.4 Å². The Bertz CT molecular complexity index is 2110. The van der Waals surface area contributed by atoms with E-state index >= 15 is 0 Å². The molecule has 6 rings (SSSR count). The summed E-state index contributed by atoms with van der Waals surface area (Å²) in [5, 5.41) is 22.6. The van der Waals surface area contributed by atoms with Crippen LogP contribution in [-0.4, -0.2) is 57.9 Å². The number of imidazole rings is 1. The predicted molar refractivity (Wildman–Crippen MR) is 186 cm³/mol. The van der Waals surface area contributed by atoms with Gasteiger partial charge >= 0.3 is 18.0 Å². The molecule has 2 aliphatic heterocycles. The second-order valence-corrected chi connectivity index (χ2v) is 13.8. The Morgan fingerprint density at radius 2 is 1.48 bits per heavy atom. The van der Waals surface area contributed by atoms with Gasteiger partial charge in [-0.1, -0.05) is 46.3 Å². The molecule has 0 aliphatic carbocycles. The first kappa shape index (κ1) is 35.9. The molecule has 3 aromatic carbocycles. The van der Waals surface area contributed by atoms with Gasteiger partial charge in [0.05, 0.1) is 9.85 Å². The minimum Gasteiger partial charge on any atom is -0.456 e. The molecule has 1 saturated heterocycles. The monoisotopic (exact) mass is 791 g/mol. The molecule has 0 N–H and O–H groups in total. The molecule has 4 aromatic rings. The number of rotatable bonds is 12. The Morgan fingerprint density at radius 3 is 2.04 bits per heavy atom. The highest BCUT2D eigenvalue weighted by Crippen LogP contribution is 2.58. The summed E-state index contributed by atoms with van der Waals surface area (Å²) in [7, 11) is 0. The van der Waals surface area contributed by atoms with Gasteiger partial charge in [-0.25, -0.2) is 19.1 Å². The van der Waals surface area contributed by atoms with Gasteiger partial charge in [0.15, 0.2) is 10.4 Å². The standard InChI is InChI=1S/C34H26BrN5O11S/c1-20(41)51-29(34(35)31(43)38-27(19-52-32(34)38)30(42)49-17-22-7-11-24(12-8-22)39(45)46)26-16-37(28(36-26)15-21-5-3-2-4-6-21)33(44)50-18-23-9-13-25(14-10-23)40(47)48/h2-14,16,19,29,32H,15,17-18H2,1H3/t29?,32-,34?/m1/s1. The van der Waals surface area contributed by atoms with Gasteiger partial charge in [0.1, 0.15) is 35.8 Å². The van der Waals surface area contributed by atoms with E-state index in [1.165, 1.54) is 65.0 Å². The molecular formula is C34H26BrN5O11S. The molecule has 0 spiro atoms. The van der Waals surface area contributed by atoms with Crippen molar-refractivity contribution in [1.82, 2.24) is 14.5 Å². The van der Waals surface area contributed by atoms with Crippen molar-refractivity contribution in [1.29, 1.82) is 0 Å². The molecule has 2 unspecified atom stereocenters. The van der Waals surface area contributed by atoms with Crippen LogP contribution in [0, 0.1) is 20.2 Å². The highest BCUT2D eigenvalue weighted by molar-refractivity contribution is 9.10. The lowest BCUT2D eigenvalue weighted by Gasteiger charge is -2.51. The van der Waals surface area contributed by atoms with Gasteiger partial charge in [-0.05, 0) is 41.0 Å². The van der Waals surface area contributed by atoms with Crippen molar-refractivity contribution in [3.63, 3.8) is 0 Å². The number of aromatic nitrogens is 2. The highest BCUT2D eigenvalue weighted by atomic mass is 79.9. The van der Waals surface area contributed by atoms with E-state index in [2.05, 4.69) is 20.9 Å². The summed E-state index contributed by atoms with van der Waals surface area (Å²) in [4.78, 5) is 79.6. The summed E-state index contributed by atoms with van der Waals surface area (Å²) >= 11 is 4.62. The molecule has 3 heterocycles. The van der Waals surface area contributed by atoms with E-state index in [4.69, 9.17) is 14.2 Å². The zero-order chi connectivity index (χ0) is 37.2. The van der Waals surface area contributed by atoms with E-state index in [9.17, 15) is 39.4 Å². The highest BCUT2D eigenvalue weighted by Gasteiger charge is 2.69. The molecule has 1 amide bonds. The first-order valence-corrected chi connectivity index (χ1v) is 17.1. The van der Waals surface area contributed by atoms with Gasteiger partial charge in [-0.3, -0.25) is 34.7 Å². The Hall–Kier alpha value is -5.88. The number of nitro groups is 2. The number of nitro benzene ring substituents is 2. The van der Waals surface area contributed by atoms with Gasteiger partial charge in [-0.2, -0.15) is 0 Å². The molecule has 18 heteroatoms. The fraction of sp³-hybridized carbons (Fsp3) is 0.206. The van der Waals surface area contributed by atoms with Gasteiger partial charge < -0.3 is 14.2 Å². The van der Waals surface area contributed by atoms with Crippen LogP contribution < -0.4 is 0 Å². The number of carbonyl (C=O) groups is 4. The number of hydrogen-bond acceptors (Lipinski definition) is 13. The van der Waals surface area contributed by atoms with E-state index in [0.717, 1.165) is 28.8 Å². The first-order chi connectivity index (χ1) is 24.9. The number of ether oxygens (including phenoxy) is 3. The smallest absolute Gasteiger partial charge is 0.419 e. The SMILES string of the molecule is CC(=O)OC(c1cn(C(=O)OCc2ccc([N+](=O)[O-])cc2)c(Cc2ccccc2)n1)C1(Br)C(=O)N2C(C(=O)OCc3ccc([N+](=O)[O-])cc3)=CS[C@@H]21. The summed E-state index contributed by atoms with van der Waals surface area (Å²) in [6.07, 6.45) is -0.742. The van der Waals surface area contributed by atoms with Crippen LogP contribution in [0.5, 0.6) is 0 Å². The maximum Gasteiger partial charge on any atom is 0.419 e.